The average molecular weight is 251 g/mol. The fourth-order valence-corrected chi connectivity index (χ4v) is 1.35. The molecule has 2 N–H and O–H groups in total. The number of nitrogens with two attached hydrogens (primary N) is 1. The lowest BCUT2D eigenvalue weighted by atomic mass is 10.2. The summed E-state index contributed by atoms with van der Waals surface area (Å²) >= 11 is 5.54. The molecule has 1 aromatic heterocycles. The standard InChI is InChI=1S/C11H11ClN4O/c1-7-15-16-11(17-7)8-2-4-9(5-3-8)14-10(13)6-12/h2-5H,6H2,1H3,(H2,13,14). The molecule has 0 bridgehead atoms. The molecule has 5 nitrogen and oxygen atoms in total. The van der Waals surface area contributed by atoms with Crippen molar-refractivity contribution in [1.82, 2.24) is 10.2 Å². The molecule has 0 atom stereocenters. The van der Waals surface area contributed by atoms with E-state index in [0.29, 0.717) is 17.6 Å². The van der Waals surface area contributed by atoms with Crippen LogP contribution in [0.5, 0.6) is 0 Å². The maximum absolute atomic E-state index is 5.54. The van der Waals surface area contributed by atoms with Gasteiger partial charge in [0, 0.05) is 12.5 Å². The normalized spacial score (nSPS) is 11.8. The number of aromatic nitrogens is 2. The molecule has 0 aliphatic carbocycles. The van der Waals surface area contributed by atoms with Crippen LogP contribution in [0.25, 0.3) is 11.5 Å². The Morgan fingerprint density at radius 3 is 2.59 bits per heavy atom. The Kier molecular flexibility index (Phi) is 3.39. The number of rotatable bonds is 3. The third kappa shape index (κ3) is 2.82. The Morgan fingerprint density at radius 1 is 1.35 bits per heavy atom. The van der Waals surface area contributed by atoms with E-state index in [4.69, 9.17) is 21.8 Å². The molecule has 0 aliphatic rings. The highest BCUT2D eigenvalue weighted by atomic mass is 35.5. The Balaban J connectivity index is 2.24. The second-order valence-corrected chi connectivity index (χ2v) is 3.68. The first-order valence-corrected chi connectivity index (χ1v) is 5.52. The van der Waals surface area contributed by atoms with Crippen LogP contribution in [0.3, 0.4) is 0 Å². The number of benzene rings is 1. The van der Waals surface area contributed by atoms with Crippen molar-refractivity contribution in [2.45, 2.75) is 6.92 Å². The van der Waals surface area contributed by atoms with E-state index >= 15 is 0 Å². The minimum Gasteiger partial charge on any atom is -0.421 e. The van der Waals surface area contributed by atoms with E-state index < -0.39 is 0 Å². The maximum Gasteiger partial charge on any atom is 0.247 e. The van der Waals surface area contributed by atoms with Crippen molar-refractivity contribution < 1.29 is 4.42 Å². The van der Waals surface area contributed by atoms with Crippen molar-refractivity contribution in [3.8, 4) is 11.5 Å². The summed E-state index contributed by atoms with van der Waals surface area (Å²) in [5.41, 5.74) is 7.12. The molecule has 0 saturated carbocycles. The van der Waals surface area contributed by atoms with Crippen LogP contribution in [0.15, 0.2) is 33.7 Å². The molecule has 1 aromatic carbocycles. The summed E-state index contributed by atoms with van der Waals surface area (Å²) in [5, 5.41) is 7.69. The van der Waals surface area contributed by atoms with Crippen molar-refractivity contribution in [2.75, 3.05) is 5.88 Å². The largest absolute Gasteiger partial charge is 0.421 e. The van der Waals surface area contributed by atoms with Gasteiger partial charge in [-0.25, -0.2) is 4.99 Å². The molecular formula is C11H11ClN4O. The van der Waals surface area contributed by atoms with Crippen molar-refractivity contribution >= 4 is 23.1 Å². The van der Waals surface area contributed by atoms with Crippen LogP contribution in [0.2, 0.25) is 0 Å². The SMILES string of the molecule is Cc1nnc(-c2ccc(N=C(N)CCl)cc2)o1. The van der Waals surface area contributed by atoms with Gasteiger partial charge in [0.25, 0.3) is 0 Å². The Morgan fingerprint density at radius 2 is 2.06 bits per heavy atom. The smallest absolute Gasteiger partial charge is 0.247 e. The van der Waals surface area contributed by atoms with E-state index in [1.807, 2.05) is 24.3 Å². The first kappa shape index (κ1) is 11.6. The lowest BCUT2D eigenvalue weighted by molar-refractivity contribution is 0.533. The molecule has 2 rings (SSSR count). The van der Waals surface area contributed by atoms with Crippen LogP contribution >= 0.6 is 11.6 Å². The fraction of sp³-hybridized carbons (Fsp3) is 0.182. The van der Waals surface area contributed by atoms with Crippen LogP contribution in [0, 0.1) is 6.92 Å². The zero-order valence-corrected chi connectivity index (χ0v) is 9.98. The van der Waals surface area contributed by atoms with Gasteiger partial charge in [-0.3, -0.25) is 0 Å². The second kappa shape index (κ2) is 4.97. The number of hydrogen-bond acceptors (Lipinski definition) is 4. The molecule has 0 amide bonds. The monoisotopic (exact) mass is 250 g/mol. The molecule has 0 aliphatic heterocycles. The highest BCUT2D eigenvalue weighted by molar-refractivity contribution is 6.28. The van der Waals surface area contributed by atoms with Crippen molar-refractivity contribution in [1.29, 1.82) is 0 Å². The summed E-state index contributed by atoms with van der Waals surface area (Å²) in [6, 6.07) is 7.31. The summed E-state index contributed by atoms with van der Waals surface area (Å²) in [6.07, 6.45) is 0. The molecule has 17 heavy (non-hydrogen) atoms. The van der Waals surface area contributed by atoms with Gasteiger partial charge in [-0.2, -0.15) is 0 Å². The molecule has 0 saturated heterocycles. The van der Waals surface area contributed by atoms with Gasteiger partial charge in [-0.1, -0.05) is 0 Å². The molecule has 1 heterocycles. The fourth-order valence-electron chi connectivity index (χ4n) is 1.29. The molecule has 2 aromatic rings. The van der Waals surface area contributed by atoms with Gasteiger partial charge in [-0.15, -0.1) is 21.8 Å². The van der Waals surface area contributed by atoms with E-state index in [1.165, 1.54) is 0 Å². The Hall–Kier alpha value is -1.88. The predicted octanol–water partition coefficient (Wildman–Crippen LogP) is 2.27. The van der Waals surface area contributed by atoms with Gasteiger partial charge in [0.2, 0.25) is 11.8 Å². The van der Waals surface area contributed by atoms with Crippen molar-refractivity contribution in [3.63, 3.8) is 0 Å². The highest BCUT2D eigenvalue weighted by Crippen LogP contribution is 2.21. The topological polar surface area (TPSA) is 77.3 Å². The zero-order chi connectivity index (χ0) is 12.3. The summed E-state index contributed by atoms with van der Waals surface area (Å²) in [7, 11) is 0. The number of nitrogens with zero attached hydrogens (tertiary/aromatic N) is 3. The van der Waals surface area contributed by atoms with E-state index in [1.54, 1.807) is 6.92 Å². The quantitative estimate of drug-likeness (QED) is 0.515. The van der Waals surface area contributed by atoms with Crippen molar-refractivity contribution in [2.24, 2.45) is 10.7 Å². The number of aliphatic imine (C=N–C) groups is 1. The van der Waals surface area contributed by atoms with Crippen molar-refractivity contribution in [3.05, 3.63) is 30.2 Å². The minimum absolute atomic E-state index is 0.213. The third-order valence-corrected chi connectivity index (χ3v) is 2.32. The Bertz CT molecular complexity index is 533. The lowest BCUT2D eigenvalue weighted by Gasteiger charge is -1.98. The van der Waals surface area contributed by atoms with Crippen LogP contribution in [0.4, 0.5) is 5.69 Å². The second-order valence-electron chi connectivity index (χ2n) is 3.41. The van der Waals surface area contributed by atoms with E-state index in [-0.39, 0.29) is 5.88 Å². The highest BCUT2D eigenvalue weighted by Gasteiger charge is 2.05. The average Bonchev–Trinajstić information content (AvgIpc) is 2.77. The number of alkyl halides is 1. The van der Waals surface area contributed by atoms with Gasteiger partial charge in [-0.05, 0) is 24.3 Å². The molecular weight excluding hydrogens is 240 g/mol. The van der Waals surface area contributed by atoms with E-state index in [0.717, 1.165) is 11.3 Å². The zero-order valence-electron chi connectivity index (χ0n) is 9.22. The summed E-state index contributed by atoms with van der Waals surface area (Å²) in [5.74, 6) is 1.62. The number of amidine groups is 1. The molecule has 0 unspecified atom stereocenters. The van der Waals surface area contributed by atoms with Gasteiger partial charge >= 0.3 is 0 Å². The lowest BCUT2D eigenvalue weighted by Crippen LogP contribution is -2.12. The van der Waals surface area contributed by atoms with Gasteiger partial charge < -0.3 is 10.2 Å². The summed E-state index contributed by atoms with van der Waals surface area (Å²) in [6.45, 7) is 1.75. The number of halogens is 1. The van der Waals surface area contributed by atoms with Gasteiger partial charge in [0.05, 0.1) is 11.6 Å². The number of hydrogen-bond donors (Lipinski definition) is 1. The first-order valence-electron chi connectivity index (χ1n) is 4.98. The minimum atomic E-state index is 0.213. The van der Waals surface area contributed by atoms with Crippen LogP contribution in [0.1, 0.15) is 5.89 Å². The first-order chi connectivity index (χ1) is 8.19. The summed E-state index contributed by atoms with van der Waals surface area (Å²) < 4.78 is 5.31. The third-order valence-electron chi connectivity index (χ3n) is 2.05. The van der Waals surface area contributed by atoms with E-state index in [2.05, 4.69) is 15.2 Å². The molecule has 0 radical (unpaired) electrons. The van der Waals surface area contributed by atoms with Crippen LogP contribution in [-0.4, -0.2) is 21.9 Å². The Labute approximate surface area is 103 Å². The molecule has 0 fully saturated rings. The summed E-state index contributed by atoms with van der Waals surface area (Å²) in [4.78, 5) is 4.11. The predicted molar refractivity (Wildman–Crippen MR) is 66.5 cm³/mol. The maximum atomic E-state index is 5.54. The van der Waals surface area contributed by atoms with Crippen LogP contribution < -0.4 is 5.73 Å². The molecule has 0 spiro atoms. The van der Waals surface area contributed by atoms with Crippen LogP contribution in [-0.2, 0) is 0 Å². The van der Waals surface area contributed by atoms with E-state index in [9.17, 15) is 0 Å². The molecule has 6 heteroatoms. The van der Waals surface area contributed by atoms with Gasteiger partial charge in [0.1, 0.15) is 5.84 Å². The number of aryl methyl sites for hydroxylation is 1. The molecule has 88 valence electrons. The van der Waals surface area contributed by atoms with Gasteiger partial charge in [0.15, 0.2) is 0 Å².